The number of hydrogen-bond donors (Lipinski definition) is 1. The van der Waals surface area contributed by atoms with Crippen molar-refractivity contribution in [2.24, 2.45) is 7.05 Å². The molecule has 166 valence electrons. The number of hydrogen-bond acceptors (Lipinski definition) is 5. The highest BCUT2D eigenvalue weighted by Gasteiger charge is 2.21. The van der Waals surface area contributed by atoms with Crippen LogP contribution >= 0.6 is 11.6 Å². The Hall–Kier alpha value is -3.32. The summed E-state index contributed by atoms with van der Waals surface area (Å²) in [7, 11) is 1.92. The molecule has 0 saturated carbocycles. The highest BCUT2D eigenvalue weighted by Crippen LogP contribution is 2.35. The molecule has 2 N–H and O–H groups in total. The van der Waals surface area contributed by atoms with Crippen LogP contribution in [0.4, 0.5) is 5.82 Å². The van der Waals surface area contributed by atoms with E-state index in [0.29, 0.717) is 23.1 Å². The Morgan fingerprint density at radius 3 is 2.69 bits per heavy atom. The molecule has 0 aliphatic heterocycles. The number of halogens is 1. The molecule has 0 spiro atoms. The van der Waals surface area contributed by atoms with Crippen LogP contribution in [0.15, 0.2) is 48.9 Å². The van der Waals surface area contributed by atoms with E-state index >= 15 is 0 Å². The minimum atomic E-state index is -0.252. The number of nitrogen functional groups attached to an aromatic ring is 1. The molecule has 0 saturated heterocycles. The molecule has 0 amide bonds. The quantitative estimate of drug-likeness (QED) is 0.429. The Morgan fingerprint density at radius 1 is 1.16 bits per heavy atom. The van der Waals surface area contributed by atoms with Crippen molar-refractivity contribution in [1.82, 2.24) is 24.5 Å². The summed E-state index contributed by atoms with van der Waals surface area (Å²) in [6, 6.07) is 9.96. The zero-order valence-corrected chi connectivity index (χ0v) is 19.5. The Labute approximate surface area is 192 Å². The lowest BCUT2D eigenvalue weighted by molar-refractivity contribution is 0.228. The monoisotopic (exact) mass is 450 g/mol. The van der Waals surface area contributed by atoms with Gasteiger partial charge in [-0.25, -0.2) is 4.98 Å². The summed E-state index contributed by atoms with van der Waals surface area (Å²) in [5.74, 6) is 0.933. The van der Waals surface area contributed by atoms with E-state index in [9.17, 15) is 0 Å². The number of aryl methyl sites for hydroxylation is 3. The molecular formula is C24H27ClN6O. The van der Waals surface area contributed by atoms with Gasteiger partial charge in [0.15, 0.2) is 16.7 Å². The van der Waals surface area contributed by atoms with E-state index in [2.05, 4.69) is 35.2 Å². The summed E-state index contributed by atoms with van der Waals surface area (Å²) in [5.41, 5.74) is 12.1. The fourth-order valence-electron chi connectivity index (χ4n) is 3.81. The molecule has 0 fully saturated rings. The molecule has 0 radical (unpaired) electrons. The summed E-state index contributed by atoms with van der Waals surface area (Å²) in [6.45, 7) is 6.89. The lowest BCUT2D eigenvalue weighted by Crippen LogP contribution is -2.08. The third-order valence-electron chi connectivity index (χ3n) is 5.40. The Bertz CT molecular complexity index is 1250. The summed E-state index contributed by atoms with van der Waals surface area (Å²) < 4.78 is 9.87. The van der Waals surface area contributed by atoms with Crippen LogP contribution in [0.2, 0.25) is 5.15 Å². The Balaban J connectivity index is 1.73. The van der Waals surface area contributed by atoms with Gasteiger partial charge in [-0.3, -0.25) is 9.36 Å². The first-order chi connectivity index (χ1) is 15.4. The number of nitrogens with zero attached hydrogens (tertiary/aromatic N) is 5. The summed E-state index contributed by atoms with van der Waals surface area (Å²) in [6.07, 6.45) is 6.06. The largest absolute Gasteiger partial charge is 0.482 e. The maximum absolute atomic E-state index is 6.39. The lowest BCUT2D eigenvalue weighted by atomic mass is 9.95. The topological polar surface area (TPSA) is 83.8 Å². The predicted octanol–water partition coefficient (Wildman–Crippen LogP) is 4.97. The average molecular weight is 451 g/mol. The molecule has 0 aliphatic rings. The van der Waals surface area contributed by atoms with Crippen LogP contribution in [0.5, 0.6) is 5.75 Å². The van der Waals surface area contributed by atoms with Crippen LogP contribution in [0.3, 0.4) is 0 Å². The molecule has 4 aromatic rings. The van der Waals surface area contributed by atoms with Gasteiger partial charge in [0.2, 0.25) is 0 Å². The van der Waals surface area contributed by atoms with E-state index in [1.54, 1.807) is 6.20 Å². The molecule has 0 aliphatic carbocycles. The van der Waals surface area contributed by atoms with Gasteiger partial charge in [-0.15, -0.1) is 0 Å². The van der Waals surface area contributed by atoms with Crippen LogP contribution in [-0.4, -0.2) is 24.5 Å². The van der Waals surface area contributed by atoms with Crippen molar-refractivity contribution in [2.45, 2.75) is 39.8 Å². The molecule has 4 rings (SSSR count). The van der Waals surface area contributed by atoms with Gasteiger partial charge in [0, 0.05) is 60.9 Å². The van der Waals surface area contributed by atoms with Crippen LogP contribution in [0.25, 0.3) is 11.3 Å². The number of pyridine rings is 1. The normalized spacial score (nSPS) is 12.2. The maximum Gasteiger partial charge on any atom is 0.166 e. The molecule has 8 heteroatoms. The second-order valence-corrected chi connectivity index (χ2v) is 8.25. The van der Waals surface area contributed by atoms with Gasteiger partial charge < -0.3 is 10.5 Å². The number of anilines is 1. The Kier molecular flexibility index (Phi) is 6.19. The maximum atomic E-state index is 6.39. The van der Waals surface area contributed by atoms with Crippen molar-refractivity contribution in [3.8, 4) is 17.0 Å². The SMILES string of the molecule is CCn1cc(Cc2cn(C)nc2-c2ccc(C)cc2[C@@H](C)Oc2cccnc2N)c(Cl)n1. The van der Waals surface area contributed by atoms with Gasteiger partial charge in [0.1, 0.15) is 6.10 Å². The smallest absolute Gasteiger partial charge is 0.166 e. The van der Waals surface area contributed by atoms with E-state index in [1.165, 1.54) is 0 Å². The van der Waals surface area contributed by atoms with Crippen molar-refractivity contribution in [3.05, 3.63) is 76.3 Å². The standard InChI is InChI=1S/C24H27ClN6O/c1-5-31-14-18(23(25)29-31)12-17-13-30(4)28-22(17)19-9-8-15(2)11-20(19)16(3)32-21-7-6-10-27-24(21)26/h6-11,13-14,16H,5,12H2,1-4H3,(H2,26,27)/t16-/m1/s1. The van der Waals surface area contributed by atoms with Crippen molar-refractivity contribution in [3.63, 3.8) is 0 Å². The van der Waals surface area contributed by atoms with Crippen LogP contribution in [0, 0.1) is 6.92 Å². The molecular weight excluding hydrogens is 424 g/mol. The first kappa shape index (κ1) is 21.9. The first-order valence-electron chi connectivity index (χ1n) is 10.6. The van der Waals surface area contributed by atoms with E-state index in [0.717, 1.165) is 40.1 Å². The number of rotatable bonds is 7. The minimum absolute atomic E-state index is 0.252. The zero-order chi connectivity index (χ0) is 22.8. The molecule has 1 atom stereocenters. The van der Waals surface area contributed by atoms with Gasteiger partial charge in [-0.2, -0.15) is 10.2 Å². The molecule has 3 heterocycles. The third kappa shape index (κ3) is 4.48. The molecule has 3 aromatic heterocycles. The van der Waals surface area contributed by atoms with Crippen LogP contribution in [-0.2, 0) is 20.0 Å². The fourth-order valence-corrected chi connectivity index (χ4v) is 4.02. The molecule has 7 nitrogen and oxygen atoms in total. The summed E-state index contributed by atoms with van der Waals surface area (Å²) >= 11 is 6.39. The van der Waals surface area contributed by atoms with Gasteiger partial charge in [0.25, 0.3) is 0 Å². The van der Waals surface area contributed by atoms with Crippen molar-refractivity contribution in [1.29, 1.82) is 0 Å². The van der Waals surface area contributed by atoms with Gasteiger partial charge in [-0.1, -0.05) is 35.4 Å². The van der Waals surface area contributed by atoms with E-state index in [4.69, 9.17) is 27.2 Å². The Morgan fingerprint density at radius 2 is 1.97 bits per heavy atom. The van der Waals surface area contributed by atoms with Crippen LogP contribution in [0.1, 0.15) is 42.2 Å². The van der Waals surface area contributed by atoms with E-state index < -0.39 is 0 Å². The first-order valence-corrected chi connectivity index (χ1v) is 11.0. The van der Waals surface area contributed by atoms with Crippen LogP contribution < -0.4 is 10.5 Å². The van der Waals surface area contributed by atoms with E-state index in [-0.39, 0.29) is 6.10 Å². The summed E-state index contributed by atoms with van der Waals surface area (Å²) in [5, 5.41) is 9.67. The van der Waals surface area contributed by atoms with Crippen molar-refractivity contribution in [2.75, 3.05) is 5.73 Å². The second kappa shape index (κ2) is 9.04. The molecule has 1 aromatic carbocycles. The van der Waals surface area contributed by atoms with Gasteiger partial charge >= 0.3 is 0 Å². The highest BCUT2D eigenvalue weighted by atomic mass is 35.5. The number of ether oxygens (including phenoxy) is 1. The lowest BCUT2D eigenvalue weighted by Gasteiger charge is -2.19. The zero-order valence-electron chi connectivity index (χ0n) is 18.7. The van der Waals surface area contributed by atoms with E-state index in [1.807, 2.05) is 54.8 Å². The number of benzene rings is 1. The fraction of sp³-hybridized carbons (Fsp3) is 0.292. The van der Waals surface area contributed by atoms with Gasteiger partial charge in [-0.05, 0) is 32.9 Å². The van der Waals surface area contributed by atoms with Crippen molar-refractivity contribution < 1.29 is 4.74 Å². The average Bonchev–Trinajstić information content (AvgIpc) is 3.31. The second-order valence-electron chi connectivity index (χ2n) is 7.89. The van der Waals surface area contributed by atoms with Gasteiger partial charge in [0.05, 0.1) is 5.69 Å². The number of nitrogens with two attached hydrogens (primary N) is 1. The molecule has 32 heavy (non-hydrogen) atoms. The minimum Gasteiger partial charge on any atom is -0.482 e. The molecule has 0 bridgehead atoms. The van der Waals surface area contributed by atoms with Crippen molar-refractivity contribution >= 4 is 17.4 Å². The molecule has 0 unspecified atom stereocenters. The number of aromatic nitrogens is 5. The highest BCUT2D eigenvalue weighted by molar-refractivity contribution is 6.30. The summed E-state index contributed by atoms with van der Waals surface area (Å²) in [4.78, 5) is 4.12. The predicted molar refractivity (Wildman–Crippen MR) is 127 cm³/mol. The third-order valence-corrected chi connectivity index (χ3v) is 5.72.